The summed E-state index contributed by atoms with van der Waals surface area (Å²) in [4.78, 5) is 14.9. The van der Waals surface area contributed by atoms with E-state index in [4.69, 9.17) is 4.74 Å². The highest BCUT2D eigenvalue weighted by Gasteiger charge is 2.52. The number of amides is 1. The minimum Gasteiger partial charge on any atom is -0.393 e. The van der Waals surface area contributed by atoms with Gasteiger partial charge >= 0.3 is 0 Å². The molecule has 1 amide bonds. The predicted octanol–water partition coefficient (Wildman–Crippen LogP) is 2.02. The zero-order valence-corrected chi connectivity index (χ0v) is 14.3. The highest BCUT2D eigenvalue weighted by atomic mass is 16.5. The first-order chi connectivity index (χ1) is 12.1. The van der Waals surface area contributed by atoms with Crippen LogP contribution < -0.4 is 0 Å². The SMILES string of the molecule is CO[C@@]12CC[C@H](O)C[C@@H]1N(C(=O)c1cnn(-c3ccccc3)c1)CC2. The second-order valence-electron chi connectivity index (χ2n) is 6.97. The van der Waals surface area contributed by atoms with Crippen molar-refractivity contribution in [2.45, 2.75) is 43.4 Å². The van der Waals surface area contributed by atoms with E-state index in [-0.39, 0.29) is 23.7 Å². The van der Waals surface area contributed by atoms with Crippen molar-refractivity contribution in [2.75, 3.05) is 13.7 Å². The van der Waals surface area contributed by atoms with Crippen molar-refractivity contribution in [3.05, 3.63) is 48.3 Å². The number of carbonyl (C=O) groups excluding carboxylic acids is 1. The molecule has 132 valence electrons. The summed E-state index contributed by atoms with van der Waals surface area (Å²) in [5.41, 5.74) is 1.17. The third kappa shape index (κ3) is 2.75. The molecule has 1 saturated carbocycles. The number of hydrogen-bond donors (Lipinski definition) is 1. The average Bonchev–Trinajstić information content (AvgIpc) is 3.27. The molecule has 0 bridgehead atoms. The van der Waals surface area contributed by atoms with E-state index >= 15 is 0 Å². The summed E-state index contributed by atoms with van der Waals surface area (Å²) in [5, 5.41) is 14.4. The van der Waals surface area contributed by atoms with Gasteiger partial charge in [-0.05, 0) is 37.8 Å². The number of aromatic nitrogens is 2. The quantitative estimate of drug-likeness (QED) is 0.927. The van der Waals surface area contributed by atoms with E-state index in [1.807, 2.05) is 35.2 Å². The Labute approximate surface area is 147 Å². The summed E-state index contributed by atoms with van der Waals surface area (Å²) in [5.74, 6) is -0.0415. The number of aliphatic hydroxyl groups excluding tert-OH is 1. The van der Waals surface area contributed by atoms with Gasteiger partial charge in [0.2, 0.25) is 0 Å². The molecule has 2 aromatic rings. The molecule has 1 aromatic heterocycles. The molecule has 0 unspecified atom stereocenters. The number of methoxy groups -OCH3 is 1. The molecule has 6 heteroatoms. The van der Waals surface area contributed by atoms with Crippen LogP contribution in [-0.2, 0) is 4.74 Å². The highest BCUT2D eigenvalue weighted by molar-refractivity contribution is 5.94. The average molecular weight is 341 g/mol. The number of hydrogen-bond acceptors (Lipinski definition) is 4. The maximum absolute atomic E-state index is 13.0. The third-order valence-corrected chi connectivity index (χ3v) is 5.67. The van der Waals surface area contributed by atoms with Crippen LogP contribution in [0.5, 0.6) is 0 Å². The van der Waals surface area contributed by atoms with E-state index in [1.54, 1.807) is 24.2 Å². The van der Waals surface area contributed by atoms with Crippen molar-refractivity contribution in [1.29, 1.82) is 0 Å². The number of aliphatic hydroxyl groups is 1. The van der Waals surface area contributed by atoms with Crippen molar-refractivity contribution in [1.82, 2.24) is 14.7 Å². The van der Waals surface area contributed by atoms with Crippen LogP contribution in [0.4, 0.5) is 0 Å². The van der Waals surface area contributed by atoms with Crippen molar-refractivity contribution in [2.24, 2.45) is 0 Å². The Hall–Kier alpha value is -2.18. The van der Waals surface area contributed by atoms with Crippen molar-refractivity contribution in [3.8, 4) is 5.69 Å². The number of benzene rings is 1. The fourth-order valence-corrected chi connectivity index (χ4v) is 4.24. The van der Waals surface area contributed by atoms with E-state index in [0.29, 0.717) is 18.5 Å². The molecule has 4 rings (SSSR count). The van der Waals surface area contributed by atoms with Crippen LogP contribution in [0.25, 0.3) is 5.69 Å². The molecule has 1 aliphatic carbocycles. The standard InChI is InChI=1S/C19H23N3O3/c1-25-19-8-7-16(23)11-17(19)21(10-9-19)18(24)14-12-20-22(13-14)15-5-3-2-4-6-15/h2-6,12-13,16-17,23H,7-11H2,1H3/t16-,17-,19+/m0/s1. The van der Waals surface area contributed by atoms with Crippen molar-refractivity contribution >= 4 is 5.91 Å². The topological polar surface area (TPSA) is 67.6 Å². The maximum Gasteiger partial charge on any atom is 0.257 e. The van der Waals surface area contributed by atoms with Crippen molar-refractivity contribution in [3.63, 3.8) is 0 Å². The number of carbonyl (C=O) groups is 1. The van der Waals surface area contributed by atoms with Gasteiger partial charge in [-0.2, -0.15) is 5.10 Å². The molecule has 1 aliphatic heterocycles. The van der Waals surface area contributed by atoms with Gasteiger partial charge in [-0.15, -0.1) is 0 Å². The summed E-state index contributed by atoms with van der Waals surface area (Å²) in [7, 11) is 1.71. The molecular formula is C19H23N3O3. The number of fused-ring (bicyclic) bond motifs is 1. The molecular weight excluding hydrogens is 318 g/mol. The molecule has 2 fully saturated rings. The summed E-state index contributed by atoms with van der Waals surface area (Å²) in [6.07, 6.45) is 5.94. The number of rotatable bonds is 3. The monoisotopic (exact) mass is 341 g/mol. The van der Waals surface area contributed by atoms with E-state index in [2.05, 4.69) is 5.10 Å². The first-order valence-electron chi connectivity index (χ1n) is 8.77. The van der Waals surface area contributed by atoms with Gasteiger partial charge < -0.3 is 14.7 Å². The van der Waals surface area contributed by atoms with Gasteiger partial charge in [-0.25, -0.2) is 4.68 Å². The fraction of sp³-hybridized carbons (Fsp3) is 0.474. The van der Waals surface area contributed by atoms with Gasteiger partial charge in [0.15, 0.2) is 0 Å². The Morgan fingerprint density at radius 1 is 1.32 bits per heavy atom. The van der Waals surface area contributed by atoms with Crippen LogP contribution in [0, 0.1) is 0 Å². The molecule has 2 heterocycles. The smallest absolute Gasteiger partial charge is 0.257 e. The van der Waals surface area contributed by atoms with Gasteiger partial charge in [-0.1, -0.05) is 18.2 Å². The minimum atomic E-state index is -0.367. The Kier molecular flexibility index (Phi) is 4.09. The number of para-hydroxylation sites is 1. The van der Waals surface area contributed by atoms with E-state index in [0.717, 1.165) is 24.9 Å². The Balaban J connectivity index is 1.58. The van der Waals surface area contributed by atoms with Gasteiger partial charge in [0, 0.05) is 19.9 Å². The first kappa shape index (κ1) is 16.3. The zero-order valence-electron chi connectivity index (χ0n) is 14.3. The normalized spacial score (nSPS) is 28.8. The first-order valence-corrected chi connectivity index (χ1v) is 8.77. The van der Waals surface area contributed by atoms with Gasteiger partial charge in [0.05, 0.1) is 35.2 Å². The van der Waals surface area contributed by atoms with Crippen LogP contribution in [0.3, 0.4) is 0 Å². The lowest BCUT2D eigenvalue weighted by Gasteiger charge is -2.42. The lowest BCUT2D eigenvalue weighted by atomic mass is 9.79. The van der Waals surface area contributed by atoms with Crippen LogP contribution in [0.15, 0.2) is 42.7 Å². The lowest BCUT2D eigenvalue weighted by Crippen LogP contribution is -2.52. The minimum absolute atomic E-state index is 0.0415. The number of ether oxygens (including phenoxy) is 1. The number of likely N-dealkylation sites (tertiary alicyclic amines) is 1. The van der Waals surface area contributed by atoms with Crippen molar-refractivity contribution < 1.29 is 14.6 Å². The Morgan fingerprint density at radius 2 is 2.12 bits per heavy atom. The van der Waals surface area contributed by atoms with Gasteiger partial charge in [0.25, 0.3) is 5.91 Å². The zero-order chi connectivity index (χ0) is 17.4. The summed E-state index contributed by atoms with van der Waals surface area (Å²) in [6, 6.07) is 9.65. The highest BCUT2D eigenvalue weighted by Crippen LogP contribution is 2.42. The number of nitrogens with zero attached hydrogens (tertiary/aromatic N) is 3. The molecule has 1 N–H and O–H groups in total. The van der Waals surface area contributed by atoms with Crippen LogP contribution in [0.2, 0.25) is 0 Å². The molecule has 0 radical (unpaired) electrons. The van der Waals surface area contributed by atoms with Crippen LogP contribution >= 0.6 is 0 Å². The van der Waals surface area contributed by atoms with Gasteiger partial charge in [0.1, 0.15) is 0 Å². The maximum atomic E-state index is 13.0. The van der Waals surface area contributed by atoms with Gasteiger partial charge in [-0.3, -0.25) is 4.79 Å². The second kappa shape index (κ2) is 6.28. The molecule has 1 saturated heterocycles. The third-order valence-electron chi connectivity index (χ3n) is 5.67. The molecule has 25 heavy (non-hydrogen) atoms. The fourth-order valence-electron chi connectivity index (χ4n) is 4.24. The van der Waals surface area contributed by atoms with E-state index in [9.17, 15) is 9.90 Å². The summed E-state index contributed by atoms with van der Waals surface area (Å²) < 4.78 is 7.53. The molecule has 0 spiro atoms. The predicted molar refractivity (Wildman–Crippen MR) is 92.6 cm³/mol. The van der Waals surface area contributed by atoms with E-state index in [1.165, 1.54) is 0 Å². The summed E-state index contributed by atoms with van der Waals surface area (Å²) >= 11 is 0. The molecule has 6 nitrogen and oxygen atoms in total. The second-order valence-corrected chi connectivity index (χ2v) is 6.97. The molecule has 3 atom stereocenters. The van der Waals surface area contributed by atoms with E-state index < -0.39 is 0 Å². The molecule has 2 aliphatic rings. The van der Waals surface area contributed by atoms with Crippen LogP contribution in [0.1, 0.15) is 36.0 Å². The lowest BCUT2D eigenvalue weighted by molar-refractivity contribution is -0.0824. The Morgan fingerprint density at radius 3 is 2.88 bits per heavy atom. The summed E-state index contributed by atoms with van der Waals surface area (Å²) in [6.45, 7) is 0.653. The largest absolute Gasteiger partial charge is 0.393 e. The molecule has 1 aromatic carbocycles. The Bertz CT molecular complexity index is 760. The van der Waals surface area contributed by atoms with Crippen LogP contribution in [-0.4, -0.2) is 57.1 Å².